The topological polar surface area (TPSA) is 41.6 Å². The highest BCUT2D eigenvalue weighted by atomic mass is 16.5. The van der Waals surface area contributed by atoms with Crippen molar-refractivity contribution in [2.45, 2.75) is 58.9 Å². The van der Waals surface area contributed by atoms with E-state index in [0.29, 0.717) is 5.41 Å². The van der Waals surface area contributed by atoms with Gasteiger partial charge in [-0.3, -0.25) is 4.79 Å². The van der Waals surface area contributed by atoms with Gasteiger partial charge in [-0.05, 0) is 64.2 Å². The van der Waals surface area contributed by atoms with Gasteiger partial charge in [0.05, 0.1) is 7.11 Å². The summed E-state index contributed by atoms with van der Waals surface area (Å²) in [6, 6.07) is 0. The first-order valence-corrected chi connectivity index (χ1v) is 7.89. The minimum Gasteiger partial charge on any atom is -0.468 e. The lowest BCUT2D eigenvalue weighted by Crippen LogP contribution is -2.50. The van der Waals surface area contributed by atoms with Crippen molar-refractivity contribution in [2.24, 2.45) is 5.41 Å². The van der Waals surface area contributed by atoms with Crippen LogP contribution in [0.2, 0.25) is 0 Å². The Morgan fingerprint density at radius 1 is 1.35 bits per heavy atom. The fourth-order valence-electron chi connectivity index (χ4n) is 2.92. The molecule has 1 rings (SSSR count). The molecule has 0 saturated carbocycles. The van der Waals surface area contributed by atoms with Crippen LogP contribution in [0.3, 0.4) is 0 Å². The Balaban J connectivity index is 2.36. The number of likely N-dealkylation sites (N-methyl/N-ethyl adjacent to an activating group) is 1. The normalized spacial score (nSPS) is 22.2. The molecule has 1 fully saturated rings. The molecule has 1 atom stereocenters. The van der Waals surface area contributed by atoms with E-state index in [1.54, 1.807) is 0 Å². The monoisotopic (exact) mass is 284 g/mol. The maximum Gasteiger partial charge on any atom is 0.325 e. The van der Waals surface area contributed by atoms with Crippen LogP contribution < -0.4 is 5.32 Å². The van der Waals surface area contributed by atoms with Crippen molar-refractivity contribution >= 4 is 5.97 Å². The molecule has 0 aromatic carbocycles. The fraction of sp³-hybridized carbons (Fsp3) is 0.938. The third-order valence-corrected chi connectivity index (χ3v) is 4.56. The highest BCUT2D eigenvalue weighted by Gasteiger charge is 2.33. The molecule has 1 saturated heterocycles. The number of likely N-dealkylation sites (tertiary alicyclic amines) is 1. The fourth-order valence-corrected chi connectivity index (χ4v) is 2.92. The lowest BCUT2D eigenvalue weighted by molar-refractivity contribution is -0.148. The van der Waals surface area contributed by atoms with Crippen molar-refractivity contribution in [3.05, 3.63) is 0 Å². The third kappa shape index (κ3) is 5.06. The van der Waals surface area contributed by atoms with E-state index in [2.05, 4.69) is 24.1 Å². The number of carbonyl (C=O) groups excluding carboxylic acids is 1. The van der Waals surface area contributed by atoms with E-state index in [9.17, 15) is 4.79 Å². The number of hydrogen-bond acceptors (Lipinski definition) is 4. The maximum absolute atomic E-state index is 11.9. The number of nitrogens with one attached hydrogen (secondary N) is 1. The Labute approximate surface area is 124 Å². The molecule has 0 radical (unpaired) electrons. The van der Waals surface area contributed by atoms with Crippen LogP contribution in [0.5, 0.6) is 0 Å². The molecule has 0 spiro atoms. The van der Waals surface area contributed by atoms with Crippen molar-refractivity contribution < 1.29 is 9.53 Å². The minimum absolute atomic E-state index is 0.154. The lowest BCUT2D eigenvalue weighted by atomic mass is 9.82. The average Bonchev–Trinajstić information content (AvgIpc) is 2.40. The van der Waals surface area contributed by atoms with E-state index < -0.39 is 5.54 Å². The van der Waals surface area contributed by atoms with Crippen molar-refractivity contribution in [2.75, 3.05) is 33.3 Å². The molecule has 1 aliphatic heterocycles. The second-order valence-electron chi connectivity index (χ2n) is 6.96. The summed E-state index contributed by atoms with van der Waals surface area (Å²) in [6.45, 7) is 12.9. The average molecular weight is 284 g/mol. The van der Waals surface area contributed by atoms with E-state index in [0.717, 1.165) is 25.9 Å². The summed E-state index contributed by atoms with van der Waals surface area (Å²) in [4.78, 5) is 14.4. The number of ether oxygens (including phenoxy) is 1. The van der Waals surface area contributed by atoms with Crippen LogP contribution in [-0.4, -0.2) is 49.7 Å². The quantitative estimate of drug-likeness (QED) is 0.729. The summed E-state index contributed by atoms with van der Waals surface area (Å²) < 4.78 is 4.92. The van der Waals surface area contributed by atoms with E-state index in [1.807, 2.05) is 13.8 Å². The molecule has 1 N–H and O–H groups in total. The molecule has 4 heteroatoms. The first-order chi connectivity index (χ1) is 9.33. The number of esters is 1. The first-order valence-electron chi connectivity index (χ1n) is 7.89. The number of rotatable bonds is 7. The van der Waals surface area contributed by atoms with E-state index in [4.69, 9.17) is 4.74 Å². The summed E-state index contributed by atoms with van der Waals surface area (Å²) in [7, 11) is 1.46. The molecule has 4 nitrogen and oxygen atoms in total. The van der Waals surface area contributed by atoms with Crippen LogP contribution >= 0.6 is 0 Å². The van der Waals surface area contributed by atoms with Crippen LogP contribution in [-0.2, 0) is 9.53 Å². The van der Waals surface area contributed by atoms with Gasteiger partial charge in [0.25, 0.3) is 0 Å². The molecular weight excluding hydrogens is 252 g/mol. The predicted molar refractivity (Wildman–Crippen MR) is 82.8 cm³/mol. The molecule has 0 bridgehead atoms. The van der Waals surface area contributed by atoms with Crippen LogP contribution in [0.4, 0.5) is 0 Å². The molecule has 0 aliphatic carbocycles. The summed E-state index contributed by atoms with van der Waals surface area (Å²) in [5.41, 5.74) is -0.0423. The smallest absolute Gasteiger partial charge is 0.325 e. The summed E-state index contributed by atoms with van der Waals surface area (Å²) >= 11 is 0. The van der Waals surface area contributed by atoms with Crippen LogP contribution in [0.1, 0.15) is 53.4 Å². The van der Waals surface area contributed by atoms with Crippen LogP contribution in [0.25, 0.3) is 0 Å². The molecule has 118 valence electrons. The van der Waals surface area contributed by atoms with Crippen molar-refractivity contribution in [1.82, 2.24) is 10.2 Å². The van der Waals surface area contributed by atoms with Gasteiger partial charge in [-0.1, -0.05) is 20.8 Å². The van der Waals surface area contributed by atoms with Gasteiger partial charge in [0.15, 0.2) is 0 Å². The molecule has 0 aromatic heterocycles. The van der Waals surface area contributed by atoms with Crippen molar-refractivity contribution in [1.29, 1.82) is 0 Å². The Bertz CT molecular complexity index is 308. The second-order valence-corrected chi connectivity index (χ2v) is 6.96. The zero-order valence-corrected chi connectivity index (χ0v) is 13.9. The number of methoxy groups -OCH3 is 1. The standard InChI is InChI=1S/C16H32N2O2/c1-6-17-16(4,14(19)20-5)8-7-11-18-12-9-15(2,3)10-13-18/h17H,6-13H2,1-5H3. The zero-order valence-electron chi connectivity index (χ0n) is 13.9. The zero-order chi connectivity index (χ0) is 15.2. The van der Waals surface area contributed by atoms with Gasteiger partial charge in [0, 0.05) is 0 Å². The second kappa shape index (κ2) is 7.41. The van der Waals surface area contributed by atoms with Gasteiger partial charge < -0.3 is 15.0 Å². The number of nitrogens with zero attached hydrogens (tertiary/aromatic N) is 1. The van der Waals surface area contributed by atoms with Gasteiger partial charge in [-0.2, -0.15) is 0 Å². The summed E-state index contributed by atoms with van der Waals surface area (Å²) in [6.07, 6.45) is 4.40. The Hall–Kier alpha value is -0.610. The Kier molecular flexibility index (Phi) is 6.46. The van der Waals surface area contributed by atoms with Crippen LogP contribution in [0.15, 0.2) is 0 Å². The molecule has 1 heterocycles. The largest absolute Gasteiger partial charge is 0.468 e. The molecule has 0 amide bonds. The summed E-state index contributed by atoms with van der Waals surface area (Å²) in [5, 5.41) is 3.27. The van der Waals surface area contributed by atoms with E-state index >= 15 is 0 Å². The molecular formula is C16H32N2O2. The highest BCUT2D eigenvalue weighted by molar-refractivity contribution is 5.80. The number of piperidine rings is 1. The first kappa shape index (κ1) is 17.4. The highest BCUT2D eigenvalue weighted by Crippen LogP contribution is 2.29. The van der Waals surface area contributed by atoms with Gasteiger partial charge in [0.2, 0.25) is 0 Å². The van der Waals surface area contributed by atoms with E-state index in [-0.39, 0.29) is 5.97 Å². The summed E-state index contributed by atoms with van der Waals surface area (Å²) in [5.74, 6) is -0.154. The van der Waals surface area contributed by atoms with Crippen LogP contribution in [0, 0.1) is 5.41 Å². The molecule has 1 unspecified atom stereocenters. The molecule has 0 aromatic rings. The van der Waals surface area contributed by atoms with Crippen molar-refractivity contribution in [3.63, 3.8) is 0 Å². The van der Waals surface area contributed by atoms with Crippen molar-refractivity contribution in [3.8, 4) is 0 Å². The molecule has 1 aliphatic rings. The third-order valence-electron chi connectivity index (χ3n) is 4.56. The van der Waals surface area contributed by atoms with Gasteiger partial charge in [-0.15, -0.1) is 0 Å². The predicted octanol–water partition coefficient (Wildman–Crippen LogP) is 2.43. The van der Waals surface area contributed by atoms with Gasteiger partial charge in [-0.25, -0.2) is 0 Å². The SMILES string of the molecule is CCNC(C)(CCCN1CCC(C)(C)CC1)C(=O)OC. The minimum atomic E-state index is -0.543. The maximum atomic E-state index is 11.9. The number of carbonyl (C=O) groups is 1. The molecule has 20 heavy (non-hydrogen) atoms. The number of hydrogen-bond donors (Lipinski definition) is 1. The van der Waals surface area contributed by atoms with E-state index in [1.165, 1.54) is 33.0 Å². The lowest BCUT2D eigenvalue weighted by Gasteiger charge is -2.37. The Morgan fingerprint density at radius 3 is 2.45 bits per heavy atom. The Morgan fingerprint density at radius 2 is 1.95 bits per heavy atom. The van der Waals surface area contributed by atoms with Gasteiger partial charge in [0.1, 0.15) is 5.54 Å². The van der Waals surface area contributed by atoms with Gasteiger partial charge >= 0.3 is 5.97 Å².